The molecule has 2 heterocycles. The molecule has 0 fully saturated rings. The van der Waals surface area contributed by atoms with Gasteiger partial charge in [-0.15, -0.1) is 11.3 Å². The molecule has 19 heavy (non-hydrogen) atoms. The van der Waals surface area contributed by atoms with E-state index in [0.717, 1.165) is 15.9 Å². The molecule has 0 amide bonds. The minimum Gasteiger partial charge on any atom is -0.313 e. The number of nitrogens with one attached hydrogen (secondary N) is 1. The Labute approximate surface area is 114 Å². The molecule has 3 aromatic rings. The summed E-state index contributed by atoms with van der Waals surface area (Å²) < 4.78 is 3.54. The molecule has 0 aliphatic heterocycles. The van der Waals surface area contributed by atoms with Crippen molar-refractivity contribution in [1.82, 2.24) is 9.13 Å². The van der Waals surface area contributed by atoms with Crippen LogP contribution in [-0.4, -0.2) is 14.9 Å². The minimum atomic E-state index is 0.0462. The van der Waals surface area contributed by atoms with Crippen LogP contribution in [0.25, 0.3) is 11.0 Å². The third kappa shape index (κ3) is 1.92. The van der Waals surface area contributed by atoms with Crippen molar-refractivity contribution >= 4 is 28.2 Å². The Hall–Kier alpha value is -2.14. The third-order valence-electron chi connectivity index (χ3n) is 3.20. The first-order chi connectivity index (χ1) is 9.18. The molecular formula is C14H13N3OS. The molecule has 0 radical (unpaired) electrons. The average molecular weight is 271 g/mol. The lowest BCUT2D eigenvalue weighted by atomic mass is 10.3. The number of rotatable bonds is 3. The van der Waals surface area contributed by atoms with E-state index in [1.54, 1.807) is 9.13 Å². The van der Waals surface area contributed by atoms with E-state index >= 15 is 0 Å². The summed E-state index contributed by atoms with van der Waals surface area (Å²) in [6.45, 7) is 0.209. The van der Waals surface area contributed by atoms with Gasteiger partial charge in [0.2, 0.25) is 5.62 Å². The number of aryl methyl sites for hydroxylation is 1. The lowest BCUT2D eigenvalue weighted by Crippen LogP contribution is -2.25. The van der Waals surface area contributed by atoms with Crippen molar-refractivity contribution in [1.29, 1.82) is 5.41 Å². The van der Waals surface area contributed by atoms with Crippen LogP contribution in [0, 0.1) is 5.41 Å². The number of para-hydroxylation sites is 2. The molecule has 0 aliphatic rings. The van der Waals surface area contributed by atoms with Gasteiger partial charge < -0.3 is 9.13 Å². The molecule has 0 unspecified atom stereocenters. The summed E-state index contributed by atoms with van der Waals surface area (Å²) in [6.07, 6.45) is 0. The number of thiophene rings is 1. The highest BCUT2D eigenvalue weighted by Gasteiger charge is 2.13. The fraction of sp³-hybridized carbons (Fsp3) is 0.143. The Balaban J connectivity index is 2.09. The van der Waals surface area contributed by atoms with Gasteiger partial charge in [0, 0.05) is 7.05 Å². The Morgan fingerprint density at radius 3 is 2.63 bits per heavy atom. The fourth-order valence-corrected chi connectivity index (χ4v) is 2.86. The topological polar surface area (TPSA) is 50.8 Å². The Kier molecular flexibility index (Phi) is 2.83. The maximum Gasteiger partial charge on any atom is 0.203 e. The monoisotopic (exact) mass is 271 g/mol. The van der Waals surface area contributed by atoms with E-state index in [1.807, 2.05) is 48.8 Å². The predicted molar refractivity (Wildman–Crippen MR) is 75.4 cm³/mol. The maximum atomic E-state index is 12.2. The molecule has 0 bridgehead atoms. The predicted octanol–water partition coefficient (Wildman–Crippen LogP) is 2.40. The minimum absolute atomic E-state index is 0.0462. The van der Waals surface area contributed by atoms with Crippen LogP contribution >= 0.6 is 11.3 Å². The van der Waals surface area contributed by atoms with Gasteiger partial charge in [0.15, 0.2) is 5.78 Å². The van der Waals surface area contributed by atoms with Crippen molar-refractivity contribution < 1.29 is 4.79 Å². The quantitative estimate of drug-likeness (QED) is 0.731. The SMILES string of the molecule is Cn1c(=N)n(CC(=O)c2cccs2)c2ccccc21. The molecule has 4 nitrogen and oxygen atoms in total. The van der Waals surface area contributed by atoms with Crippen LogP contribution in [0.4, 0.5) is 0 Å². The third-order valence-corrected chi connectivity index (χ3v) is 4.12. The lowest BCUT2D eigenvalue weighted by Gasteiger charge is -2.02. The van der Waals surface area contributed by atoms with E-state index < -0.39 is 0 Å². The van der Waals surface area contributed by atoms with Gasteiger partial charge in [-0.2, -0.15) is 0 Å². The molecular weight excluding hydrogens is 258 g/mol. The van der Waals surface area contributed by atoms with E-state index in [0.29, 0.717) is 5.62 Å². The van der Waals surface area contributed by atoms with Crippen molar-refractivity contribution in [3.63, 3.8) is 0 Å². The molecule has 96 valence electrons. The zero-order valence-electron chi connectivity index (χ0n) is 10.5. The number of hydrogen-bond donors (Lipinski definition) is 1. The van der Waals surface area contributed by atoms with Gasteiger partial charge in [-0.3, -0.25) is 10.2 Å². The fourth-order valence-electron chi connectivity index (χ4n) is 2.20. The Morgan fingerprint density at radius 1 is 1.21 bits per heavy atom. The highest BCUT2D eigenvalue weighted by molar-refractivity contribution is 7.12. The van der Waals surface area contributed by atoms with E-state index in [-0.39, 0.29) is 12.3 Å². The number of imidazole rings is 1. The highest BCUT2D eigenvalue weighted by Crippen LogP contribution is 2.14. The second-order valence-corrected chi connectivity index (χ2v) is 5.31. The number of carbonyl (C=O) groups excluding carboxylic acids is 1. The van der Waals surface area contributed by atoms with E-state index in [1.165, 1.54) is 11.3 Å². The number of nitrogens with zero attached hydrogens (tertiary/aromatic N) is 2. The van der Waals surface area contributed by atoms with Crippen LogP contribution < -0.4 is 5.62 Å². The second kappa shape index (κ2) is 4.51. The number of carbonyl (C=O) groups is 1. The summed E-state index contributed by atoms with van der Waals surface area (Å²) in [5, 5.41) is 10.0. The summed E-state index contributed by atoms with van der Waals surface area (Å²) in [5.74, 6) is 0.0462. The number of benzene rings is 1. The molecule has 0 spiro atoms. The zero-order chi connectivity index (χ0) is 13.4. The number of ketones is 1. The summed E-state index contributed by atoms with van der Waals surface area (Å²) in [4.78, 5) is 12.9. The summed E-state index contributed by atoms with van der Waals surface area (Å²) in [6, 6.07) is 11.4. The van der Waals surface area contributed by atoms with Gasteiger partial charge >= 0.3 is 0 Å². The van der Waals surface area contributed by atoms with Crippen molar-refractivity contribution in [2.45, 2.75) is 6.54 Å². The number of Topliss-reactive ketones (excluding diaryl/α,β-unsaturated/α-hetero) is 1. The molecule has 0 saturated carbocycles. The van der Waals surface area contributed by atoms with Crippen molar-refractivity contribution in [3.8, 4) is 0 Å². The summed E-state index contributed by atoms with van der Waals surface area (Å²) in [5.41, 5.74) is 2.22. The number of fused-ring (bicyclic) bond motifs is 1. The Bertz CT molecular complexity index is 796. The second-order valence-electron chi connectivity index (χ2n) is 4.36. The standard InChI is InChI=1S/C14H13N3OS/c1-16-10-5-2-3-6-11(10)17(14(16)15)9-12(18)13-7-4-8-19-13/h2-8,15H,9H2,1H3. The molecule has 2 aromatic heterocycles. The van der Waals surface area contributed by atoms with E-state index in [2.05, 4.69) is 0 Å². The van der Waals surface area contributed by atoms with Gasteiger partial charge in [0.1, 0.15) is 0 Å². The van der Waals surface area contributed by atoms with Crippen LogP contribution in [0.5, 0.6) is 0 Å². The largest absolute Gasteiger partial charge is 0.313 e. The van der Waals surface area contributed by atoms with E-state index in [4.69, 9.17) is 5.41 Å². The summed E-state index contributed by atoms with van der Waals surface area (Å²) >= 11 is 1.44. The first kappa shape index (κ1) is 11.9. The first-order valence-corrected chi connectivity index (χ1v) is 6.82. The summed E-state index contributed by atoms with van der Waals surface area (Å²) in [7, 11) is 1.84. The van der Waals surface area contributed by atoms with Crippen LogP contribution in [-0.2, 0) is 13.6 Å². The molecule has 0 aliphatic carbocycles. The number of aromatic nitrogens is 2. The van der Waals surface area contributed by atoms with Crippen molar-refractivity contribution in [3.05, 3.63) is 52.3 Å². The molecule has 0 saturated heterocycles. The molecule has 1 aromatic carbocycles. The average Bonchev–Trinajstić information content (AvgIpc) is 3.03. The van der Waals surface area contributed by atoms with Crippen molar-refractivity contribution in [2.24, 2.45) is 7.05 Å². The van der Waals surface area contributed by atoms with Crippen LogP contribution in [0.3, 0.4) is 0 Å². The van der Waals surface area contributed by atoms with Gasteiger partial charge in [-0.1, -0.05) is 18.2 Å². The van der Waals surface area contributed by atoms with Crippen LogP contribution in [0.15, 0.2) is 41.8 Å². The van der Waals surface area contributed by atoms with Crippen LogP contribution in [0.2, 0.25) is 0 Å². The first-order valence-electron chi connectivity index (χ1n) is 5.94. The maximum absolute atomic E-state index is 12.2. The molecule has 1 N–H and O–H groups in total. The molecule has 3 rings (SSSR count). The highest BCUT2D eigenvalue weighted by atomic mass is 32.1. The van der Waals surface area contributed by atoms with Crippen molar-refractivity contribution in [2.75, 3.05) is 0 Å². The van der Waals surface area contributed by atoms with E-state index in [9.17, 15) is 4.79 Å². The smallest absolute Gasteiger partial charge is 0.203 e. The van der Waals surface area contributed by atoms with Gasteiger partial charge in [0.05, 0.1) is 22.5 Å². The van der Waals surface area contributed by atoms with Gasteiger partial charge in [-0.05, 0) is 23.6 Å². The molecule has 5 heteroatoms. The normalized spacial score (nSPS) is 11.0. The van der Waals surface area contributed by atoms with Gasteiger partial charge in [0.25, 0.3) is 0 Å². The van der Waals surface area contributed by atoms with Gasteiger partial charge in [-0.25, -0.2) is 0 Å². The zero-order valence-corrected chi connectivity index (χ0v) is 11.3. The lowest BCUT2D eigenvalue weighted by molar-refractivity contribution is 0.0975. The Morgan fingerprint density at radius 2 is 1.95 bits per heavy atom. The molecule has 0 atom stereocenters. The van der Waals surface area contributed by atoms with Crippen LogP contribution in [0.1, 0.15) is 9.67 Å². The number of hydrogen-bond acceptors (Lipinski definition) is 3.